The van der Waals surface area contributed by atoms with Crippen LogP contribution in [0, 0.1) is 11.3 Å². The molecule has 0 saturated heterocycles. The van der Waals surface area contributed by atoms with Crippen LogP contribution in [0.3, 0.4) is 0 Å². The lowest BCUT2D eigenvalue weighted by molar-refractivity contribution is 0.388. The molecule has 0 spiro atoms. The summed E-state index contributed by atoms with van der Waals surface area (Å²) in [7, 11) is 0. The van der Waals surface area contributed by atoms with Crippen molar-refractivity contribution in [3.8, 4) is 28.0 Å². The zero-order valence-corrected chi connectivity index (χ0v) is 15.8. The largest absolute Gasteiger partial charge is 0.439 e. The number of thiophene rings is 1. The van der Waals surface area contributed by atoms with Crippen LogP contribution in [-0.4, -0.2) is 20.1 Å². The first kappa shape index (κ1) is 18.0. The maximum Gasteiger partial charge on any atom is 0.439 e. The van der Waals surface area contributed by atoms with E-state index in [4.69, 9.17) is 0 Å². The third-order valence-electron chi connectivity index (χ3n) is 3.78. The van der Waals surface area contributed by atoms with Crippen LogP contribution in [0.25, 0.3) is 22.0 Å². The maximum absolute atomic E-state index is 12.3. The summed E-state index contributed by atoms with van der Waals surface area (Å²) < 4.78 is 4.53. The number of hydrogen-bond acceptors (Lipinski definition) is 8. The first-order valence-corrected chi connectivity index (χ1v) is 9.87. The van der Waals surface area contributed by atoms with Crippen LogP contribution in [-0.2, 0) is 5.75 Å². The molecule has 0 fully saturated rings. The number of benzene rings is 1. The van der Waals surface area contributed by atoms with Gasteiger partial charge in [-0.2, -0.15) is 5.26 Å². The fourth-order valence-electron chi connectivity index (χ4n) is 2.53. The molecule has 138 valence electrons. The number of thioether (sulfide) groups is 1. The second kappa shape index (κ2) is 7.67. The van der Waals surface area contributed by atoms with Crippen molar-refractivity contribution in [3.05, 3.63) is 73.8 Å². The van der Waals surface area contributed by atoms with Gasteiger partial charge in [-0.1, -0.05) is 41.2 Å². The summed E-state index contributed by atoms with van der Waals surface area (Å²) in [5.74, 6) is 0.256. The number of hydrogen-bond donors (Lipinski definition) is 2. The predicted molar refractivity (Wildman–Crippen MR) is 105 cm³/mol. The number of nitrogens with zero attached hydrogens (tertiary/aromatic N) is 3. The van der Waals surface area contributed by atoms with E-state index in [9.17, 15) is 14.9 Å². The van der Waals surface area contributed by atoms with E-state index in [2.05, 4.69) is 24.6 Å². The first-order valence-electron chi connectivity index (χ1n) is 8.00. The van der Waals surface area contributed by atoms with Crippen LogP contribution < -0.4 is 11.3 Å². The molecular weight excluding hydrogens is 398 g/mol. The normalized spacial score (nSPS) is 10.7. The second-order valence-corrected chi connectivity index (χ2v) is 7.53. The second-order valence-electron chi connectivity index (χ2n) is 5.62. The Bertz CT molecular complexity index is 1280. The van der Waals surface area contributed by atoms with E-state index in [1.807, 2.05) is 41.8 Å². The SMILES string of the molecule is N#Cc1c(-c2cccs2)nc(SCc2cccc(-c3noc(=O)[nH]3)c2)[nH]c1=O. The van der Waals surface area contributed by atoms with Crippen molar-refractivity contribution < 1.29 is 4.52 Å². The number of nitriles is 1. The average molecular weight is 409 g/mol. The lowest BCUT2D eigenvalue weighted by Gasteiger charge is -2.06. The number of H-pyrrole nitrogens is 2. The van der Waals surface area contributed by atoms with Gasteiger partial charge in [-0.05, 0) is 23.1 Å². The monoisotopic (exact) mass is 409 g/mol. The van der Waals surface area contributed by atoms with Gasteiger partial charge in [0.2, 0.25) is 0 Å². The summed E-state index contributed by atoms with van der Waals surface area (Å²) >= 11 is 2.76. The minimum atomic E-state index is -0.616. The zero-order chi connectivity index (χ0) is 19.5. The molecule has 1 aromatic carbocycles. The van der Waals surface area contributed by atoms with E-state index in [1.54, 1.807) is 6.07 Å². The van der Waals surface area contributed by atoms with Gasteiger partial charge in [0.15, 0.2) is 11.0 Å². The van der Waals surface area contributed by atoms with Crippen molar-refractivity contribution in [3.63, 3.8) is 0 Å². The van der Waals surface area contributed by atoms with Gasteiger partial charge in [0, 0.05) is 11.3 Å². The highest BCUT2D eigenvalue weighted by Gasteiger charge is 2.14. The molecule has 0 saturated carbocycles. The molecule has 4 rings (SSSR count). The van der Waals surface area contributed by atoms with Crippen LogP contribution in [0.1, 0.15) is 11.1 Å². The molecule has 0 unspecified atom stereocenters. The van der Waals surface area contributed by atoms with Gasteiger partial charge in [-0.3, -0.25) is 14.3 Å². The fourth-order valence-corrected chi connectivity index (χ4v) is 4.05. The van der Waals surface area contributed by atoms with Crippen molar-refractivity contribution >= 4 is 23.1 Å². The van der Waals surface area contributed by atoms with Gasteiger partial charge in [0.05, 0.1) is 4.88 Å². The lowest BCUT2D eigenvalue weighted by Crippen LogP contribution is -2.14. The zero-order valence-electron chi connectivity index (χ0n) is 14.1. The highest BCUT2D eigenvalue weighted by Crippen LogP contribution is 2.27. The van der Waals surface area contributed by atoms with Gasteiger partial charge in [-0.15, -0.1) is 11.3 Å². The molecular formula is C18H11N5O3S2. The topological polar surface area (TPSA) is 128 Å². The number of rotatable bonds is 5. The van der Waals surface area contributed by atoms with E-state index < -0.39 is 11.3 Å². The molecule has 3 aromatic heterocycles. The quantitative estimate of drug-likeness (QED) is 0.383. The summed E-state index contributed by atoms with van der Waals surface area (Å²) in [4.78, 5) is 33.8. The minimum absolute atomic E-state index is 0.00350. The third kappa shape index (κ3) is 3.66. The first-order chi connectivity index (χ1) is 13.6. The molecule has 0 aliphatic heterocycles. The summed E-state index contributed by atoms with van der Waals surface area (Å²) in [5, 5.41) is 15.3. The standard InChI is InChI=1S/C18H11N5O3S2/c19-8-12-14(13-5-2-6-27-13)20-17(22-16(12)24)28-9-10-3-1-4-11(7-10)15-21-18(25)26-23-15/h1-7H,9H2,(H,20,22,24)(H,21,23,25). The van der Waals surface area contributed by atoms with Crippen molar-refractivity contribution in [2.75, 3.05) is 0 Å². The summed E-state index contributed by atoms with van der Waals surface area (Å²) in [6.45, 7) is 0. The molecule has 0 atom stereocenters. The number of nitrogens with one attached hydrogen (secondary N) is 2. The number of aromatic nitrogens is 4. The van der Waals surface area contributed by atoms with E-state index >= 15 is 0 Å². The summed E-state index contributed by atoms with van der Waals surface area (Å²) in [6.07, 6.45) is 0. The average Bonchev–Trinajstić information content (AvgIpc) is 3.38. The minimum Gasteiger partial charge on any atom is -0.300 e. The van der Waals surface area contributed by atoms with Gasteiger partial charge in [0.1, 0.15) is 17.3 Å². The molecule has 8 nitrogen and oxygen atoms in total. The van der Waals surface area contributed by atoms with Crippen molar-refractivity contribution in [1.82, 2.24) is 20.1 Å². The fraction of sp³-hybridized carbons (Fsp3) is 0.0556. The Kier molecular flexibility index (Phi) is 4.92. The third-order valence-corrected chi connectivity index (χ3v) is 5.60. The molecule has 10 heteroatoms. The molecule has 28 heavy (non-hydrogen) atoms. The highest BCUT2D eigenvalue weighted by atomic mass is 32.2. The Hall–Kier alpha value is -3.42. The van der Waals surface area contributed by atoms with Crippen molar-refractivity contribution in [2.24, 2.45) is 0 Å². The van der Waals surface area contributed by atoms with E-state index in [0.29, 0.717) is 28.0 Å². The summed E-state index contributed by atoms with van der Waals surface area (Å²) in [5.41, 5.74) is 1.58. The van der Waals surface area contributed by atoms with Gasteiger partial charge in [0.25, 0.3) is 5.56 Å². The van der Waals surface area contributed by atoms with Crippen LogP contribution in [0.4, 0.5) is 0 Å². The smallest absolute Gasteiger partial charge is 0.300 e. The molecule has 2 N–H and O–H groups in total. The van der Waals surface area contributed by atoms with Crippen LogP contribution in [0.2, 0.25) is 0 Å². The summed E-state index contributed by atoms with van der Waals surface area (Å²) in [6, 6.07) is 13.0. The predicted octanol–water partition coefficient (Wildman–Crippen LogP) is 3.01. The van der Waals surface area contributed by atoms with Crippen molar-refractivity contribution in [2.45, 2.75) is 10.9 Å². The molecule has 0 aliphatic carbocycles. The van der Waals surface area contributed by atoms with E-state index in [-0.39, 0.29) is 5.56 Å². The molecule has 0 aliphatic rings. The number of aromatic amines is 2. The van der Waals surface area contributed by atoms with Crippen LogP contribution in [0.15, 0.2) is 61.0 Å². The highest BCUT2D eigenvalue weighted by molar-refractivity contribution is 7.98. The van der Waals surface area contributed by atoms with Gasteiger partial charge < -0.3 is 4.98 Å². The molecule has 0 amide bonds. The Morgan fingerprint density at radius 1 is 1.21 bits per heavy atom. The molecule has 0 radical (unpaired) electrons. The van der Waals surface area contributed by atoms with E-state index in [0.717, 1.165) is 10.4 Å². The maximum atomic E-state index is 12.3. The Labute approximate surface area is 165 Å². The van der Waals surface area contributed by atoms with Crippen LogP contribution >= 0.6 is 23.1 Å². The van der Waals surface area contributed by atoms with Crippen molar-refractivity contribution in [1.29, 1.82) is 5.26 Å². The Morgan fingerprint density at radius 2 is 2.11 bits per heavy atom. The van der Waals surface area contributed by atoms with E-state index in [1.165, 1.54) is 23.1 Å². The Morgan fingerprint density at radius 3 is 2.82 bits per heavy atom. The van der Waals surface area contributed by atoms with Gasteiger partial charge in [-0.25, -0.2) is 9.78 Å². The Balaban J connectivity index is 1.60. The van der Waals surface area contributed by atoms with Gasteiger partial charge >= 0.3 is 5.76 Å². The van der Waals surface area contributed by atoms with Crippen LogP contribution in [0.5, 0.6) is 0 Å². The lowest BCUT2D eigenvalue weighted by atomic mass is 10.1. The molecule has 4 aromatic rings. The molecule has 0 bridgehead atoms. The molecule has 3 heterocycles.